The summed E-state index contributed by atoms with van der Waals surface area (Å²) >= 11 is 0. The minimum atomic E-state index is -0.926. The molecule has 1 aliphatic rings. The third kappa shape index (κ3) is 1.11. The van der Waals surface area contributed by atoms with Crippen LogP contribution in [0.4, 0.5) is 4.39 Å². The van der Waals surface area contributed by atoms with Gasteiger partial charge in [0.1, 0.15) is 11.7 Å². The number of halogens is 1. The predicted molar refractivity (Wildman–Crippen MR) is 32.4 cm³/mol. The number of rotatable bonds is 0. The van der Waals surface area contributed by atoms with Gasteiger partial charge >= 0.3 is 0 Å². The summed E-state index contributed by atoms with van der Waals surface area (Å²) in [5.74, 6) is -1.81. The SMILES string of the molecule is N#CC1C=C(F)C=CC1=O. The fraction of sp³-hybridized carbons (Fsp3) is 0.143. The summed E-state index contributed by atoms with van der Waals surface area (Å²) in [5, 5.41) is 8.26. The van der Waals surface area contributed by atoms with E-state index in [4.69, 9.17) is 5.26 Å². The summed E-state index contributed by atoms with van der Waals surface area (Å²) in [5.41, 5.74) is 0. The standard InChI is InChI=1S/C7H4FNO/c8-6-1-2-7(10)5(3-6)4-9/h1-3,5H. The maximum Gasteiger partial charge on any atom is 0.176 e. The summed E-state index contributed by atoms with van der Waals surface area (Å²) in [6.07, 6.45) is 3.13. The zero-order chi connectivity index (χ0) is 7.56. The molecule has 50 valence electrons. The van der Waals surface area contributed by atoms with E-state index in [-0.39, 0.29) is 5.78 Å². The third-order valence-electron chi connectivity index (χ3n) is 1.18. The van der Waals surface area contributed by atoms with Crippen LogP contribution in [-0.4, -0.2) is 5.78 Å². The first-order valence-electron chi connectivity index (χ1n) is 2.73. The monoisotopic (exact) mass is 137 g/mol. The first-order valence-corrected chi connectivity index (χ1v) is 2.73. The van der Waals surface area contributed by atoms with E-state index in [2.05, 4.69) is 0 Å². The Kier molecular flexibility index (Phi) is 1.63. The summed E-state index contributed by atoms with van der Waals surface area (Å²) in [4.78, 5) is 10.7. The van der Waals surface area contributed by atoms with Gasteiger partial charge in [0.25, 0.3) is 0 Å². The molecule has 0 N–H and O–H groups in total. The first-order chi connectivity index (χ1) is 4.74. The van der Waals surface area contributed by atoms with Gasteiger partial charge in [-0.2, -0.15) is 5.26 Å². The normalized spacial score (nSPS) is 23.8. The van der Waals surface area contributed by atoms with Crippen molar-refractivity contribution >= 4 is 5.78 Å². The van der Waals surface area contributed by atoms with Gasteiger partial charge in [0, 0.05) is 0 Å². The van der Waals surface area contributed by atoms with Crippen LogP contribution >= 0.6 is 0 Å². The minimum absolute atomic E-state index is 0.357. The lowest BCUT2D eigenvalue weighted by atomic mass is 10.0. The number of carbonyl (C=O) groups excluding carboxylic acids is 1. The van der Waals surface area contributed by atoms with Crippen molar-refractivity contribution in [2.75, 3.05) is 0 Å². The van der Waals surface area contributed by atoms with Crippen LogP contribution in [0.2, 0.25) is 0 Å². The molecule has 0 fully saturated rings. The lowest BCUT2D eigenvalue weighted by Gasteiger charge is -2.01. The van der Waals surface area contributed by atoms with Gasteiger partial charge in [-0.25, -0.2) is 4.39 Å². The van der Waals surface area contributed by atoms with Gasteiger partial charge in [0.05, 0.1) is 6.07 Å². The number of nitriles is 1. The van der Waals surface area contributed by atoms with Crippen molar-refractivity contribution < 1.29 is 9.18 Å². The smallest absolute Gasteiger partial charge is 0.176 e. The summed E-state index contributed by atoms with van der Waals surface area (Å²) in [7, 11) is 0. The fourth-order valence-electron chi connectivity index (χ4n) is 0.663. The van der Waals surface area contributed by atoms with Crippen LogP contribution in [0, 0.1) is 17.2 Å². The van der Waals surface area contributed by atoms with E-state index in [1.165, 1.54) is 0 Å². The van der Waals surface area contributed by atoms with E-state index in [1.54, 1.807) is 6.07 Å². The highest BCUT2D eigenvalue weighted by atomic mass is 19.1. The molecule has 3 heteroatoms. The Balaban J connectivity index is 2.90. The second-order valence-corrected chi connectivity index (χ2v) is 1.89. The van der Waals surface area contributed by atoms with E-state index in [0.717, 1.165) is 18.2 Å². The molecule has 0 radical (unpaired) electrons. The van der Waals surface area contributed by atoms with E-state index < -0.39 is 11.7 Å². The van der Waals surface area contributed by atoms with Crippen molar-refractivity contribution in [1.29, 1.82) is 5.26 Å². The van der Waals surface area contributed by atoms with Crippen LogP contribution in [0.1, 0.15) is 0 Å². The highest BCUT2D eigenvalue weighted by Crippen LogP contribution is 2.13. The molecule has 0 spiro atoms. The predicted octanol–water partition coefficient (Wildman–Crippen LogP) is 1.12. The quantitative estimate of drug-likeness (QED) is 0.502. The second kappa shape index (κ2) is 2.44. The molecule has 0 aliphatic heterocycles. The molecule has 0 heterocycles. The molecule has 2 nitrogen and oxygen atoms in total. The molecular weight excluding hydrogens is 133 g/mol. The van der Waals surface area contributed by atoms with Gasteiger partial charge in [-0.15, -0.1) is 0 Å². The van der Waals surface area contributed by atoms with Crippen LogP contribution in [0.25, 0.3) is 0 Å². The number of carbonyl (C=O) groups is 1. The summed E-state index contributed by atoms with van der Waals surface area (Å²) in [6, 6.07) is 1.67. The molecule has 0 aromatic rings. The van der Waals surface area contributed by atoms with Gasteiger partial charge in [-0.05, 0) is 18.2 Å². The molecule has 1 rings (SSSR count). The molecule has 1 unspecified atom stereocenters. The first kappa shape index (κ1) is 6.69. The largest absolute Gasteiger partial charge is 0.293 e. The number of nitrogens with zero attached hydrogens (tertiary/aromatic N) is 1. The maximum absolute atomic E-state index is 12.3. The molecule has 0 amide bonds. The molecule has 0 bridgehead atoms. The zero-order valence-corrected chi connectivity index (χ0v) is 5.04. The average molecular weight is 137 g/mol. The average Bonchev–Trinajstić information content (AvgIpc) is 1.94. The summed E-state index contributed by atoms with van der Waals surface area (Å²) in [6.45, 7) is 0. The zero-order valence-electron chi connectivity index (χ0n) is 5.04. The van der Waals surface area contributed by atoms with E-state index in [1.807, 2.05) is 0 Å². The Morgan fingerprint density at radius 2 is 2.30 bits per heavy atom. The lowest BCUT2D eigenvalue weighted by molar-refractivity contribution is -0.115. The maximum atomic E-state index is 12.3. The van der Waals surface area contributed by atoms with Crippen molar-refractivity contribution in [3.05, 3.63) is 24.1 Å². The van der Waals surface area contributed by atoms with Crippen molar-refractivity contribution in [3.63, 3.8) is 0 Å². The van der Waals surface area contributed by atoms with Gasteiger partial charge < -0.3 is 0 Å². The highest BCUT2D eigenvalue weighted by molar-refractivity contribution is 5.96. The van der Waals surface area contributed by atoms with E-state index in [9.17, 15) is 9.18 Å². The molecular formula is C7H4FNO. The van der Waals surface area contributed by atoms with Crippen LogP contribution in [0.5, 0.6) is 0 Å². The molecule has 1 atom stereocenters. The van der Waals surface area contributed by atoms with Crippen molar-refractivity contribution in [2.45, 2.75) is 0 Å². The van der Waals surface area contributed by atoms with Gasteiger partial charge in [0.2, 0.25) is 0 Å². The minimum Gasteiger partial charge on any atom is -0.293 e. The van der Waals surface area contributed by atoms with Crippen LogP contribution < -0.4 is 0 Å². The van der Waals surface area contributed by atoms with E-state index in [0.29, 0.717) is 0 Å². The molecule has 0 aromatic carbocycles. The third-order valence-corrected chi connectivity index (χ3v) is 1.18. The summed E-state index contributed by atoms with van der Waals surface area (Å²) < 4.78 is 12.3. The van der Waals surface area contributed by atoms with Gasteiger partial charge in [-0.3, -0.25) is 4.79 Å². The highest BCUT2D eigenvalue weighted by Gasteiger charge is 2.16. The second-order valence-electron chi connectivity index (χ2n) is 1.89. The number of hydrogen-bond acceptors (Lipinski definition) is 2. The van der Waals surface area contributed by atoms with Crippen molar-refractivity contribution in [3.8, 4) is 6.07 Å². The van der Waals surface area contributed by atoms with Gasteiger partial charge in [-0.1, -0.05) is 0 Å². The van der Waals surface area contributed by atoms with Crippen LogP contribution in [0.15, 0.2) is 24.1 Å². The Morgan fingerprint density at radius 3 is 2.80 bits per heavy atom. The van der Waals surface area contributed by atoms with Crippen LogP contribution in [0.3, 0.4) is 0 Å². The Morgan fingerprint density at radius 1 is 1.60 bits per heavy atom. The lowest BCUT2D eigenvalue weighted by Crippen LogP contribution is -2.09. The topological polar surface area (TPSA) is 40.9 Å². The molecule has 0 saturated carbocycles. The van der Waals surface area contributed by atoms with E-state index >= 15 is 0 Å². The molecule has 0 saturated heterocycles. The van der Waals surface area contributed by atoms with Gasteiger partial charge in [0.15, 0.2) is 5.78 Å². The number of hydrogen-bond donors (Lipinski definition) is 0. The Bertz CT molecular complexity index is 259. The number of allylic oxidation sites excluding steroid dienone is 4. The molecule has 1 aliphatic carbocycles. The fourth-order valence-corrected chi connectivity index (χ4v) is 0.663. The molecule has 10 heavy (non-hydrogen) atoms. The van der Waals surface area contributed by atoms with Crippen LogP contribution in [-0.2, 0) is 4.79 Å². The Hall–Kier alpha value is -1.43. The molecule has 0 aromatic heterocycles. The Labute approximate surface area is 57.3 Å². The number of ketones is 1. The van der Waals surface area contributed by atoms with Crippen molar-refractivity contribution in [2.24, 2.45) is 5.92 Å². The van der Waals surface area contributed by atoms with Crippen molar-refractivity contribution in [1.82, 2.24) is 0 Å².